The van der Waals surface area contributed by atoms with Crippen molar-refractivity contribution in [1.82, 2.24) is 25.3 Å². The number of halogens is 2. The third-order valence-corrected chi connectivity index (χ3v) is 11.2. The highest BCUT2D eigenvalue weighted by molar-refractivity contribution is 7.60. The predicted molar refractivity (Wildman–Crippen MR) is 194 cm³/mol. The standard InChI is InChI=1S/C34H33BClFN5O14P/c36-25-20(6-8-22(43)27(25)44)30(46)40-11-9-18(10-12-40)41-13-14-42(32(48)31(41)47)34(51)39-26(16-1-4-19(5-2-16)57(53,54)55)29(45)38-23-15-17-3-7-21(37)24(33(49)50)28(17)56-35(23)52/h1-8,18,23,26,43-44,52H,9-15H2,(H,38,45)(H,39,51)(H,49,50)(H2,53,54,55)/t23-,26?/m0/s1. The summed E-state index contributed by atoms with van der Waals surface area (Å²) in [6.07, 6.45) is 0.245. The van der Waals surface area contributed by atoms with Crippen molar-refractivity contribution in [1.29, 1.82) is 0 Å². The molecule has 3 aliphatic heterocycles. The summed E-state index contributed by atoms with van der Waals surface area (Å²) in [6, 6.07) is 5.35. The molecule has 3 aromatic rings. The third-order valence-electron chi connectivity index (χ3n) is 9.86. The number of carboxylic acid groups (broad SMARTS) is 1. The van der Waals surface area contributed by atoms with E-state index in [4.69, 9.17) is 16.3 Å². The van der Waals surface area contributed by atoms with E-state index in [2.05, 4.69) is 10.6 Å². The number of fused-ring (bicyclic) bond motifs is 1. The zero-order chi connectivity index (χ0) is 41.5. The van der Waals surface area contributed by atoms with E-state index in [9.17, 15) is 67.9 Å². The first-order valence-corrected chi connectivity index (χ1v) is 19.1. The van der Waals surface area contributed by atoms with E-state index in [1.165, 1.54) is 21.9 Å². The molecule has 0 aromatic heterocycles. The summed E-state index contributed by atoms with van der Waals surface area (Å²) in [5.41, 5.74) is -0.787. The number of imide groups is 1. The Labute approximate surface area is 326 Å². The number of carboxylic acids is 1. The molecule has 0 spiro atoms. The Bertz CT molecular complexity index is 2220. The first-order valence-electron chi connectivity index (χ1n) is 17.2. The molecule has 0 aliphatic carbocycles. The van der Waals surface area contributed by atoms with Crippen LogP contribution in [0.4, 0.5) is 9.18 Å². The van der Waals surface area contributed by atoms with Crippen LogP contribution in [-0.4, -0.2) is 126 Å². The molecular weight excluding hydrogens is 799 g/mol. The van der Waals surface area contributed by atoms with Crippen LogP contribution in [0, 0.1) is 5.82 Å². The fourth-order valence-corrected chi connectivity index (χ4v) is 7.63. The Morgan fingerprint density at radius 1 is 0.947 bits per heavy atom. The molecule has 2 saturated heterocycles. The first-order chi connectivity index (χ1) is 26.9. The van der Waals surface area contributed by atoms with Gasteiger partial charge in [-0.1, -0.05) is 29.8 Å². The smallest absolute Gasteiger partial charge is 0.534 e. The number of phenolic OH excluding ortho intramolecular Hbond substituents is 2. The molecule has 1 unspecified atom stereocenters. The Kier molecular flexibility index (Phi) is 11.5. The minimum Gasteiger partial charge on any atom is -0.534 e. The van der Waals surface area contributed by atoms with Crippen molar-refractivity contribution in [3.05, 3.63) is 81.6 Å². The summed E-state index contributed by atoms with van der Waals surface area (Å²) in [5.74, 6) is -9.46. The quantitative estimate of drug-likeness (QED) is 0.0655. The monoisotopic (exact) mass is 831 g/mol. The number of rotatable bonds is 8. The number of aromatic carboxylic acids is 1. The summed E-state index contributed by atoms with van der Waals surface area (Å²) < 4.78 is 31.3. The van der Waals surface area contributed by atoms with Crippen molar-refractivity contribution in [2.24, 2.45) is 0 Å². The second kappa shape index (κ2) is 16.0. The van der Waals surface area contributed by atoms with Gasteiger partial charge in [0.15, 0.2) is 11.5 Å². The molecular formula is C34H33BClFN5O14P. The lowest BCUT2D eigenvalue weighted by atomic mass is 9.72. The lowest BCUT2D eigenvalue weighted by Gasteiger charge is -2.41. The number of carbonyl (C=O) groups excluding carboxylic acids is 5. The van der Waals surface area contributed by atoms with Crippen LogP contribution in [0.1, 0.15) is 50.7 Å². The van der Waals surface area contributed by atoms with E-state index in [0.717, 1.165) is 36.4 Å². The van der Waals surface area contributed by atoms with Gasteiger partial charge in [0.25, 0.3) is 5.91 Å². The van der Waals surface area contributed by atoms with Crippen LogP contribution in [0.2, 0.25) is 5.02 Å². The Balaban J connectivity index is 1.14. The van der Waals surface area contributed by atoms with Crippen LogP contribution in [0.5, 0.6) is 17.2 Å². The molecule has 6 amide bonds. The number of hydrogen-bond acceptors (Lipinski definition) is 11. The number of piperazine rings is 1. The van der Waals surface area contributed by atoms with Gasteiger partial charge in [-0.2, -0.15) is 0 Å². The average Bonchev–Trinajstić information content (AvgIpc) is 3.16. The fraction of sp³-hybridized carbons (Fsp3) is 0.294. The molecule has 300 valence electrons. The summed E-state index contributed by atoms with van der Waals surface area (Å²) in [6.45, 7) is -0.125. The lowest BCUT2D eigenvalue weighted by Crippen LogP contribution is -2.62. The van der Waals surface area contributed by atoms with E-state index in [-0.39, 0.29) is 67.2 Å². The second-order valence-corrected chi connectivity index (χ2v) is 15.3. The molecule has 3 aromatic carbocycles. The maximum Gasteiger partial charge on any atom is 0.547 e. The van der Waals surface area contributed by atoms with Crippen LogP contribution >= 0.6 is 19.2 Å². The third kappa shape index (κ3) is 8.24. The van der Waals surface area contributed by atoms with Crippen LogP contribution in [-0.2, 0) is 25.4 Å². The van der Waals surface area contributed by atoms with Crippen molar-refractivity contribution in [2.75, 3.05) is 26.2 Å². The number of urea groups is 1. The summed E-state index contributed by atoms with van der Waals surface area (Å²) in [7, 11) is -6.63. The van der Waals surface area contributed by atoms with Gasteiger partial charge in [-0.05, 0) is 60.7 Å². The molecule has 0 saturated carbocycles. The van der Waals surface area contributed by atoms with Crippen molar-refractivity contribution < 1.29 is 72.5 Å². The second-order valence-electron chi connectivity index (χ2n) is 13.3. The molecule has 6 rings (SSSR count). The van der Waals surface area contributed by atoms with Gasteiger partial charge in [0.1, 0.15) is 23.2 Å². The summed E-state index contributed by atoms with van der Waals surface area (Å²) in [4.78, 5) is 101. The van der Waals surface area contributed by atoms with Gasteiger partial charge >= 0.3 is 38.5 Å². The van der Waals surface area contributed by atoms with Crippen LogP contribution < -0.4 is 20.6 Å². The van der Waals surface area contributed by atoms with Gasteiger partial charge in [0.05, 0.1) is 21.8 Å². The number of piperidine rings is 1. The number of nitrogens with one attached hydrogen (secondary N) is 2. The first kappa shape index (κ1) is 40.9. The predicted octanol–water partition coefficient (Wildman–Crippen LogP) is 0.257. The molecule has 2 atom stereocenters. The maximum atomic E-state index is 14.2. The minimum absolute atomic E-state index is 0.0394. The van der Waals surface area contributed by atoms with Gasteiger partial charge in [0.2, 0.25) is 5.91 Å². The van der Waals surface area contributed by atoms with Gasteiger partial charge in [-0.25, -0.2) is 14.0 Å². The van der Waals surface area contributed by atoms with Crippen LogP contribution in [0.25, 0.3) is 0 Å². The fourth-order valence-electron chi connectivity index (χ4n) is 6.85. The van der Waals surface area contributed by atoms with Crippen molar-refractivity contribution in [3.8, 4) is 17.2 Å². The van der Waals surface area contributed by atoms with Gasteiger partial charge < -0.3 is 55.2 Å². The minimum atomic E-state index is -4.73. The van der Waals surface area contributed by atoms with Crippen molar-refractivity contribution in [2.45, 2.75) is 37.3 Å². The number of benzene rings is 3. The van der Waals surface area contributed by atoms with Crippen molar-refractivity contribution in [3.63, 3.8) is 0 Å². The van der Waals surface area contributed by atoms with Gasteiger partial charge in [0, 0.05) is 32.2 Å². The number of hydrogen-bond donors (Lipinski definition) is 8. The van der Waals surface area contributed by atoms with E-state index in [1.54, 1.807) is 0 Å². The molecule has 57 heavy (non-hydrogen) atoms. The molecule has 2 fully saturated rings. The Morgan fingerprint density at radius 2 is 1.61 bits per heavy atom. The van der Waals surface area contributed by atoms with E-state index in [0.29, 0.717) is 4.90 Å². The van der Waals surface area contributed by atoms with E-state index < -0.39 is 102 Å². The molecule has 19 nitrogen and oxygen atoms in total. The highest BCUT2D eigenvalue weighted by Gasteiger charge is 2.43. The number of likely N-dealkylation sites (tertiary alicyclic amines) is 1. The molecule has 0 bridgehead atoms. The average molecular weight is 832 g/mol. The topological polar surface area (TPSA) is 284 Å². The number of aromatic hydroxyl groups is 2. The van der Waals surface area contributed by atoms with Gasteiger partial charge in [-0.15, -0.1) is 0 Å². The zero-order valence-electron chi connectivity index (χ0n) is 29.4. The zero-order valence-corrected chi connectivity index (χ0v) is 31.0. The maximum absolute atomic E-state index is 14.2. The normalized spacial score (nSPS) is 18.1. The Hall–Kier alpha value is -5.73. The molecule has 23 heteroatoms. The number of phenols is 2. The number of carbonyl (C=O) groups is 6. The largest absolute Gasteiger partial charge is 0.547 e. The van der Waals surface area contributed by atoms with Gasteiger partial charge in [-0.3, -0.25) is 28.6 Å². The number of nitrogens with zero attached hydrogens (tertiary/aromatic N) is 3. The highest BCUT2D eigenvalue weighted by atomic mass is 35.5. The highest BCUT2D eigenvalue weighted by Crippen LogP contribution is 2.37. The number of amides is 6. The molecule has 3 heterocycles. The summed E-state index contributed by atoms with van der Waals surface area (Å²) >= 11 is 6.05. The molecule has 3 aliphatic rings. The lowest BCUT2D eigenvalue weighted by molar-refractivity contribution is -0.156. The molecule has 0 radical (unpaired) electrons. The Morgan fingerprint density at radius 3 is 2.25 bits per heavy atom. The van der Waals surface area contributed by atoms with Crippen LogP contribution in [0.15, 0.2) is 48.5 Å². The van der Waals surface area contributed by atoms with E-state index in [1.807, 2.05) is 0 Å². The SMILES string of the molecule is O=C(O)c1c(F)ccc2c1OB(O)[C@@H](NC(=O)C(NC(=O)N1CCN(C3CCN(C(=O)c4ccc(O)c(O)c4Cl)CC3)C(=O)C1=O)c1ccc(P(=O)(O)O)cc1)C2. The summed E-state index contributed by atoms with van der Waals surface area (Å²) in [5, 5.41) is 43.8. The molecule has 8 N–H and O–H groups in total. The van der Waals surface area contributed by atoms with E-state index >= 15 is 0 Å². The van der Waals surface area contributed by atoms with Crippen molar-refractivity contribution >= 4 is 67.2 Å². The van der Waals surface area contributed by atoms with Crippen LogP contribution in [0.3, 0.4) is 0 Å².